The molecule has 2 atom stereocenters. The Bertz CT molecular complexity index is 775. The standard InChI is InChI=1S/C19H25BrN2O3/c1-5-25-14-10-19(24,18(14,2)3)11-21-17(23)16-15(20)12-8-6-7-9-13(12)22(16)4/h6-9,14,24H,5,10-11H2,1-4H3,(H,21,23). The second-order valence-corrected chi connectivity index (χ2v) is 8.12. The van der Waals surface area contributed by atoms with Crippen LogP contribution in [0.25, 0.3) is 10.9 Å². The van der Waals surface area contributed by atoms with Crippen LogP contribution in [0.3, 0.4) is 0 Å². The van der Waals surface area contributed by atoms with Gasteiger partial charge in [0.15, 0.2) is 0 Å². The number of rotatable bonds is 5. The molecule has 1 amide bonds. The molecule has 136 valence electrons. The second-order valence-electron chi connectivity index (χ2n) is 7.32. The number of aromatic nitrogens is 1. The number of carbonyl (C=O) groups excluding carboxylic acids is 1. The monoisotopic (exact) mass is 408 g/mol. The lowest BCUT2D eigenvalue weighted by molar-refractivity contribution is -0.237. The van der Waals surface area contributed by atoms with Gasteiger partial charge in [-0.1, -0.05) is 32.0 Å². The summed E-state index contributed by atoms with van der Waals surface area (Å²) in [5.41, 5.74) is 0.188. The van der Waals surface area contributed by atoms with Crippen LogP contribution >= 0.6 is 15.9 Å². The number of fused-ring (bicyclic) bond motifs is 1. The van der Waals surface area contributed by atoms with Crippen molar-refractivity contribution in [3.05, 3.63) is 34.4 Å². The summed E-state index contributed by atoms with van der Waals surface area (Å²) in [5.74, 6) is -0.199. The van der Waals surface area contributed by atoms with E-state index in [2.05, 4.69) is 21.2 Å². The number of benzene rings is 1. The van der Waals surface area contributed by atoms with Gasteiger partial charge in [0.1, 0.15) is 5.69 Å². The van der Waals surface area contributed by atoms with Gasteiger partial charge in [-0.15, -0.1) is 0 Å². The summed E-state index contributed by atoms with van der Waals surface area (Å²) in [5, 5.41) is 14.8. The largest absolute Gasteiger partial charge is 0.387 e. The molecule has 1 saturated carbocycles. The maximum absolute atomic E-state index is 12.8. The molecule has 0 saturated heterocycles. The normalized spacial score (nSPS) is 25.0. The van der Waals surface area contributed by atoms with Gasteiger partial charge in [0.25, 0.3) is 5.91 Å². The first kappa shape index (κ1) is 18.4. The van der Waals surface area contributed by atoms with E-state index < -0.39 is 11.0 Å². The number of carbonyl (C=O) groups is 1. The molecule has 1 aliphatic rings. The summed E-state index contributed by atoms with van der Waals surface area (Å²) in [7, 11) is 1.87. The number of amides is 1. The molecule has 0 bridgehead atoms. The molecule has 25 heavy (non-hydrogen) atoms. The van der Waals surface area contributed by atoms with Crippen molar-refractivity contribution < 1.29 is 14.6 Å². The fraction of sp³-hybridized carbons (Fsp3) is 0.526. The molecule has 1 aliphatic carbocycles. The van der Waals surface area contributed by atoms with E-state index in [0.717, 1.165) is 15.4 Å². The topological polar surface area (TPSA) is 63.5 Å². The van der Waals surface area contributed by atoms with Crippen LogP contribution in [0.15, 0.2) is 28.7 Å². The number of hydrogen-bond donors (Lipinski definition) is 2. The van der Waals surface area contributed by atoms with Crippen LogP contribution in [0.5, 0.6) is 0 Å². The van der Waals surface area contributed by atoms with Gasteiger partial charge < -0.3 is 19.7 Å². The molecule has 0 radical (unpaired) electrons. The Hall–Kier alpha value is -1.37. The van der Waals surface area contributed by atoms with Crippen LogP contribution in [-0.2, 0) is 11.8 Å². The highest BCUT2D eigenvalue weighted by Crippen LogP contribution is 2.51. The third-order valence-electron chi connectivity index (χ3n) is 5.70. The Morgan fingerprint density at radius 1 is 1.44 bits per heavy atom. The first-order valence-corrected chi connectivity index (χ1v) is 9.37. The van der Waals surface area contributed by atoms with Gasteiger partial charge in [-0.2, -0.15) is 0 Å². The van der Waals surface area contributed by atoms with E-state index in [-0.39, 0.29) is 18.6 Å². The van der Waals surface area contributed by atoms with Crippen LogP contribution in [0.1, 0.15) is 37.7 Å². The van der Waals surface area contributed by atoms with Crippen molar-refractivity contribution >= 4 is 32.7 Å². The quantitative estimate of drug-likeness (QED) is 0.797. The first-order chi connectivity index (χ1) is 11.7. The summed E-state index contributed by atoms with van der Waals surface area (Å²) in [4.78, 5) is 12.8. The van der Waals surface area contributed by atoms with Crippen molar-refractivity contribution in [1.29, 1.82) is 0 Å². The highest BCUT2D eigenvalue weighted by Gasteiger charge is 2.60. The zero-order valence-corrected chi connectivity index (χ0v) is 16.7. The number of aryl methyl sites for hydroxylation is 1. The summed E-state index contributed by atoms with van der Waals surface area (Å²) >= 11 is 3.54. The zero-order valence-electron chi connectivity index (χ0n) is 15.1. The Morgan fingerprint density at radius 2 is 2.12 bits per heavy atom. The average molecular weight is 409 g/mol. The second kappa shape index (κ2) is 6.41. The van der Waals surface area contributed by atoms with E-state index in [1.807, 2.05) is 56.7 Å². The van der Waals surface area contributed by atoms with Gasteiger partial charge in [0.2, 0.25) is 0 Å². The molecule has 0 spiro atoms. The lowest BCUT2D eigenvalue weighted by Gasteiger charge is -2.57. The molecule has 1 heterocycles. The summed E-state index contributed by atoms with van der Waals surface area (Å²) in [6, 6.07) is 7.85. The molecule has 3 rings (SSSR count). The number of para-hydroxylation sites is 1. The van der Waals surface area contributed by atoms with E-state index in [0.29, 0.717) is 18.7 Å². The highest BCUT2D eigenvalue weighted by atomic mass is 79.9. The minimum atomic E-state index is -0.959. The number of nitrogens with zero attached hydrogens (tertiary/aromatic N) is 1. The van der Waals surface area contributed by atoms with Crippen LogP contribution in [-0.4, -0.2) is 40.4 Å². The van der Waals surface area contributed by atoms with Crippen molar-refractivity contribution in [2.45, 2.75) is 38.9 Å². The number of aliphatic hydroxyl groups is 1. The Labute approximate surface area is 156 Å². The average Bonchev–Trinajstić information content (AvgIpc) is 2.84. The predicted molar refractivity (Wildman–Crippen MR) is 102 cm³/mol. The fourth-order valence-electron chi connectivity index (χ4n) is 3.67. The number of ether oxygens (including phenoxy) is 1. The zero-order chi connectivity index (χ0) is 18.4. The molecule has 5 nitrogen and oxygen atoms in total. The molecular formula is C19H25BrN2O3. The van der Waals surface area contributed by atoms with E-state index in [4.69, 9.17) is 4.74 Å². The molecular weight excluding hydrogens is 384 g/mol. The van der Waals surface area contributed by atoms with E-state index in [1.54, 1.807) is 0 Å². The van der Waals surface area contributed by atoms with Crippen molar-refractivity contribution in [1.82, 2.24) is 9.88 Å². The number of halogens is 1. The van der Waals surface area contributed by atoms with Crippen LogP contribution in [0.4, 0.5) is 0 Å². The van der Waals surface area contributed by atoms with E-state index in [9.17, 15) is 9.90 Å². The molecule has 2 N–H and O–H groups in total. The lowest BCUT2D eigenvalue weighted by Crippen LogP contribution is -2.68. The maximum atomic E-state index is 12.8. The summed E-state index contributed by atoms with van der Waals surface area (Å²) in [6.07, 6.45) is 0.550. The van der Waals surface area contributed by atoms with Gasteiger partial charge in [-0.25, -0.2) is 0 Å². The minimum Gasteiger partial charge on any atom is -0.387 e. The number of hydrogen-bond acceptors (Lipinski definition) is 3. The molecule has 6 heteroatoms. The summed E-state index contributed by atoms with van der Waals surface area (Å²) in [6.45, 7) is 6.74. The van der Waals surface area contributed by atoms with E-state index >= 15 is 0 Å². The minimum absolute atomic E-state index is 0.0174. The van der Waals surface area contributed by atoms with Gasteiger partial charge in [-0.3, -0.25) is 4.79 Å². The Morgan fingerprint density at radius 3 is 2.72 bits per heavy atom. The molecule has 1 aromatic carbocycles. The Kier molecular flexibility index (Phi) is 4.73. The van der Waals surface area contributed by atoms with Crippen LogP contribution in [0.2, 0.25) is 0 Å². The van der Waals surface area contributed by atoms with E-state index in [1.165, 1.54) is 0 Å². The van der Waals surface area contributed by atoms with Gasteiger partial charge in [0, 0.05) is 42.9 Å². The van der Waals surface area contributed by atoms with Gasteiger partial charge in [-0.05, 0) is 28.9 Å². The maximum Gasteiger partial charge on any atom is 0.269 e. The smallest absolute Gasteiger partial charge is 0.269 e. The molecule has 0 aliphatic heterocycles. The Balaban J connectivity index is 1.76. The van der Waals surface area contributed by atoms with Crippen molar-refractivity contribution in [3.63, 3.8) is 0 Å². The van der Waals surface area contributed by atoms with Crippen molar-refractivity contribution in [2.75, 3.05) is 13.2 Å². The van der Waals surface area contributed by atoms with Crippen LogP contribution in [0, 0.1) is 5.41 Å². The molecule has 1 aromatic heterocycles. The number of nitrogens with one attached hydrogen (secondary N) is 1. The van der Waals surface area contributed by atoms with Gasteiger partial charge >= 0.3 is 0 Å². The third-order valence-corrected chi connectivity index (χ3v) is 6.50. The molecule has 2 aromatic rings. The first-order valence-electron chi connectivity index (χ1n) is 8.58. The highest BCUT2D eigenvalue weighted by molar-refractivity contribution is 9.10. The SMILES string of the molecule is CCOC1CC(O)(CNC(=O)c2c(Br)c3ccccc3n2C)C1(C)C. The fourth-order valence-corrected chi connectivity index (χ4v) is 4.45. The lowest BCUT2D eigenvalue weighted by atomic mass is 9.56. The van der Waals surface area contributed by atoms with Gasteiger partial charge in [0.05, 0.1) is 16.2 Å². The predicted octanol–water partition coefficient (Wildman–Crippen LogP) is 3.24. The summed E-state index contributed by atoms with van der Waals surface area (Å²) < 4.78 is 8.32. The van der Waals surface area contributed by atoms with Crippen LogP contribution < -0.4 is 5.32 Å². The van der Waals surface area contributed by atoms with Crippen molar-refractivity contribution in [3.8, 4) is 0 Å². The van der Waals surface area contributed by atoms with Crippen molar-refractivity contribution in [2.24, 2.45) is 12.5 Å². The molecule has 1 fully saturated rings. The molecule has 2 unspecified atom stereocenters. The third kappa shape index (κ3) is 2.80.